The first-order valence-corrected chi connectivity index (χ1v) is 5.80. The summed E-state index contributed by atoms with van der Waals surface area (Å²) in [5.41, 5.74) is -0.787. The van der Waals surface area contributed by atoms with Crippen molar-refractivity contribution in [2.45, 2.75) is 6.18 Å². The van der Waals surface area contributed by atoms with Crippen LogP contribution in [0.15, 0.2) is 35.3 Å². The summed E-state index contributed by atoms with van der Waals surface area (Å²) in [5.74, 6) is -1.58. The second kappa shape index (κ2) is 5.13. The Morgan fingerprint density at radius 2 is 1.80 bits per heavy atom. The number of halogens is 4. The van der Waals surface area contributed by atoms with Crippen LogP contribution in [0.1, 0.15) is 5.56 Å². The van der Waals surface area contributed by atoms with Gasteiger partial charge in [-0.15, -0.1) is 0 Å². The van der Waals surface area contributed by atoms with E-state index in [-0.39, 0.29) is 10.6 Å². The van der Waals surface area contributed by atoms with E-state index in [0.29, 0.717) is 5.56 Å². The van der Waals surface area contributed by atoms with Gasteiger partial charge in [-0.1, -0.05) is 24.4 Å². The van der Waals surface area contributed by atoms with Crippen molar-refractivity contribution in [1.82, 2.24) is 0 Å². The van der Waals surface area contributed by atoms with Crippen molar-refractivity contribution in [3.63, 3.8) is 0 Å². The third kappa shape index (κ3) is 2.75. The predicted molar refractivity (Wildman–Crippen MR) is 69.6 cm³/mol. The molecule has 2 rings (SSSR count). The highest BCUT2D eigenvalue weighted by Crippen LogP contribution is 2.32. The molecule has 1 unspecified atom stereocenters. The molecule has 0 saturated heterocycles. The number of alkyl halides is 3. The Bertz CT molecular complexity index is 650. The van der Waals surface area contributed by atoms with E-state index in [1.54, 1.807) is 0 Å². The minimum atomic E-state index is -4.66. The average molecular weight is 298 g/mol. The Morgan fingerprint density at radius 3 is 2.30 bits per heavy atom. The normalized spacial score (nSPS) is 19.1. The number of hydrogen-bond donors (Lipinski definition) is 0. The highest BCUT2D eigenvalue weighted by molar-refractivity contribution is 7.80. The van der Waals surface area contributed by atoms with E-state index in [9.17, 15) is 17.6 Å². The van der Waals surface area contributed by atoms with Crippen LogP contribution in [0.3, 0.4) is 0 Å². The van der Waals surface area contributed by atoms with Crippen molar-refractivity contribution in [2.75, 3.05) is 0 Å². The predicted octanol–water partition coefficient (Wildman–Crippen LogP) is 3.69. The lowest BCUT2D eigenvalue weighted by molar-refractivity contribution is -0.0576. The maximum Gasteiger partial charge on any atom is 0.433 e. The summed E-state index contributed by atoms with van der Waals surface area (Å²) >= 11 is 4.75. The molecule has 1 aliphatic heterocycles. The van der Waals surface area contributed by atoms with Crippen LogP contribution in [0.4, 0.5) is 17.6 Å². The Kier molecular flexibility index (Phi) is 3.68. The largest absolute Gasteiger partial charge is 0.433 e. The van der Waals surface area contributed by atoms with Crippen LogP contribution in [-0.2, 0) is 0 Å². The lowest BCUT2D eigenvalue weighted by Crippen LogP contribution is -2.28. The van der Waals surface area contributed by atoms with Gasteiger partial charge >= 0.3 is 6.18 Å². The number of aliphatic imine (C=N–C) groups is 1. The molecule has 0 aliphatic carbocycles. The van der Waals surface area contributed by atoms with Crippen LogP contribution in [0.25, 0.3) is 5.57 Å². The number of hydrogen-bond acceptors (Lipinski definition) is 2. The highest BCUT2D eigenvalue weighted by atomic mass is 32.1. The fraction of sp³-hybridized carbons (Fsp3) is 0.154. The molecule has 1 atom stereocenters. The third-order valence-electron chi connectivity index (χ3n) is 2.68. The monoisotopic (exact) mass is 298 g/mol. The van der Waals surface area contributed by atoms with Gasteiger partial charge in [-0.25, -0.2) is 9.38 Å². The van der Waals surface area contributed by atoms with Gasteiger partial charge in [0.25, 0.3) is 0 Å². The van der Waals surface area contributed by atoms with Crippen LogP contribution in [0.2, 0.25) is 0 Å². The second-order valence-electron chi connectivity index (χ2n) is 4.00. The van der Waals surface area contributed by atoms with Crippen LogP contribution in [0.5, 0.6) is 0 Å². The van der Waals surface area contributed by atoms with Crippen molar-refractivity contribution < 1.29 is 17.6 Å². The first-order chi connectivity index (χ1) is 9.32. The van der Waals surface area contributed by atoms with Crippen molar-refractivity contribution in [3.8, 4) is 6.07 Å². The summed E-state index contributed by atoms with van der Waals surface area (Å²) < 4.78 is 51.0. The van der Waals surface area contributed by atoms with Gasteiger partial charge in [-0.3, -0.25) is 0 Å². The molecule has 1 heterocycles. The molecule has 0 saturated carbocycles. The molecule has 0 fully saturated rings. The van der Waals surface area contributed by atoms with Crippen molar-refractivity contribution in [3.05, 3.63) is 41.7 Å². The molecule has 1 aromatic rings. The lowest BCUT2D eigenvalue weighted by atomic mass is 9.90. The zero-order valence-electron chi connectivity index (χ0n) is 9.78. The molecule has 102 valence electrons. The molecule has 0 radical (unpaired) electrons. The maximum atomic E-state index is 12.9. The first kappa shape index (κ1) is 14.3. The molecule has 0 bridgehead atoms. The van der Waals surface area contributed by atoms with Gasteiger partial charge in [0.05, 0.1) is 6.07 Å². The first-order valence-electron chi connectivity index (χ1n) is 5.40. The fourth-order valence-electron chi connectivity index (χ4n) is 1.74. The van der Waals surface area contributed by atoms with Crippen LogP contribution < -0.4 is 0 Å². The molecular formula is C13H6F4N2S. The molecule has 0 aromatic heterocycles. The minimum Gasteiger partial charge on any atom is -0.235 e. The summed E-state index contributed by atoms with van der Waals surface area (Å²) in [6.07, 6.45) is -3.88. The van der Waals surface area contributed by atoms with Crippen LogP contribution >= 0.6 is 12.2 Å². The van der Waals surface area contributed by atoms with E-state index in [1.165, 1.54) is 12.1 Å². The number of dihydropyridines is 1. The second-order valence-corrected chi connectivity index (χ2v) is 4.42. The summed E-state index contributed by atoms with van der Waals surface area (Å²) in [6.45, 7) is 0. The van der Waals surface area contributed by atoms with Gasteiger partial charge in [-0.05, 0) is 29.3 Å². The molecule has 0 amide bonds. The summed E-state index contributed by atoms with van der Waals surface area (Å²) in [6, 6.07) is 6.62. The summed E-state index contributed by atoms with van der Waals surface area (Å²) in [7, 11) is 0. The van der Waals surface area contributed by atoms with Crippen molar-refractivity contribution in [2.24, 2.45) is 10.9 Å². The number of thiocarbonyl (C=S) groups is 1. The Balaban J connectivity index is 2.54. The summed E-state index contributed by atoms with van der Waals surface area (Å²) in [5, 5.41) is 9.03. The van der Waals surface area contributed by atoms with Crippen molar-refractivity contribution >= 4 is 28.5 Å². The lowest BCUT2D eigenvalue weighted by Gasteiger charge is -2.20. The topological polar surface area (TPSA) is 36.1 Å². The van der Waals surface area contributed by atoms with Gasteiger partial charge in [0.1, 0.15) is 22.4 Å². The van der Waals surface area contributed by atoms with Gasteiger partial charge in [0, 0.05) is 0 Å². The Hall–Kier alpha value is -2.07. The van der Waals surface area contributed by atoms with E-state index in [2.05, 4.69) is 4.99 Å². The number of allylic oxidation sites excluding steroid dienone is 1. The van der Waals surface area contributed by atoms with Gasteiger partial charge < -0.3 is 0 Å². The van der Waals surface area contributed by atoms with Gasteiger partial charge in [0.15, 0.2) is 0 Å². The standard InChI is InChI=1S/C13H6F4N2S/c14-8-3-1-7(2-4-8)9-5-11(13(15,16)17)19-12(20)10(9)6-18/h1-5,10H. The number of nitriles is 1. The fourth-order valence-corrected chi connectivity index (χ4v) is 2.02. The molecule has 7 heteroatoms. The van der Waals surface area contributed by atoms with Gasteiger partial charge in [0.2, 0.25) is 0 Å². The van der Waals surface area contributed by atoms with Crippen LogP contribution in [-0.4, -0.2) is 16.9 Å². The quantitative estimate of drug-likeness (QED) is 0.585. The number of benzene rings is 1. The van der Waals surface area contributed by atoms with E-state index < -0.39 is 23.6 Å². The number of nitrogens with zero attached hydrogens (tertiary/aromatic N) is 2. The van der Waals surface area contributed by atoms with E-state index in [4.69, 9.17) is 17.5 Å². The molecule has 1 aromatic carbocycles. The zero-order chi connectivity index (χ0) is 14.9. The van der Waals surface area contributed by atoms with E-state index in [0.717, 1.165) is 18.2 Å². The van der Waals surface area contributed by atoms with E-state index in [1.807, 2.05) is 6.07 Å². The summed E-state index contributed by atoms with van der Waals surface area (Å²) in [4.78, 5) is 2.90. The molecule has 20 heavy (non-hydrogen) atoms. The smallest absolute Gasteiger partial charge is 0.235 e. The Morgan fingerprint density at radius 1 is 1.20 bits per heavy atom. The number of rotatable bonds is 1. The molecule has 1 aliphatic rings. The third-order valence-corrected chi connectivity index (χ3v) is 3.00. The molecule has 0 N–H and O–H groups in total. The van der Waals surface area contributed by atoms with Gasteiger partial charge in [-0.2, -0.15) is 18.4 Å². The Labute approximate surface area is 117 Å². The highest BCUT2D eigenvalue weighted by Gasteiger charge is 2.38. The molecule has 2 nitrogen and oxygen atoms in total. The zero-order valence-corrected chi connectivity index (χ0v) is 10.6. The average Bonchev–Trinajstić information content (AvgIpc) is 2.37. The molecular weight excluding hydrogens is 292 g/mol. The van der Waals surface area contributed by atoms with E-state index >= 15 is 0 Å². The van der Waals surface area contributed by atoms with Crippen molar-refractivity contribution in [1.29, 1.82) is 5.26 Å². The maximum absolute atomic E-state index is 12.9. The molecule has 0 spiro atoms. The minimum absolute atomic E-state index is 0.0693. The SMILES string of the molecule is N#CC1C(=S)N=C(C(F)(F)F)C=C1c1ccc(F)cc1. The van der Waals surface area contributed by atoms with Crippen LogP contribution in [0, 0.1) is 23.1 Å².